The van der Waals surface area contributed by atoms with Gasteiger partial charge in [0.1, 0.15) is 0 Å². The topological polar surface area (TPSA) is 20.3 Å². The Morgan fingerprint density at radius 1 is 0.957 bits per heavy atom. The molecule has 2 aromatic carbocycles. The molecule has 3 rings (SSSR count). The number of benzene rings is 2. The molecule has 0 aromatic heterocycles. The van der Waals surface area contributed by atoms with Crippen LogP contribution in [0.4, 0.5) is 0 Å². The van der Waals surface area contributed by atoms with Crippen molar-refractivity contribution in [2.24, 2.45) is 0 Å². The molecule has 0 atom stereocenters. The molecule has 2 nitrogen and oxygen atoms in total. The lowest BCUT2D eigenvalue weighted by Gasteiger charge is -2.16. The molecular formula is C21H25NO. The number of likely N-dealkylation sites (N-methyl/N-ethyl adjacent to an activating group) is 1. The van der Waals surface area contributed by atoms with Gasteiger partial charge in [-0.1, -0.05) is 48.9 Å². The van der Waals surface area contributed by atoms with Gasteiger partial charge in [0.15, 0.2) is 5.78 Å². The van der Waals surface area contributed by atoms with Crippen LogP contribution >= 0.6 is 0 Å². The number of ketones is 1. The standard InChI is InChI=1S/C21H25NO/c1-22(15-17-8-4-2-5-9-17)16-21(23)20-13-12-18-10-6-3-7-11-19(18)14-20/h2,4-5,8-9,12-14H,3,6-7,10-11,15-16H2,1H3. The van der Waals surface area contributed by atoms with Crippen molar-refractivity contribution in [1.82, 2.24) is 4.90 Å². The molecule has 1 aliphatic rings. The first-order chi connectivity index (χ1) is 11.2. The van der Waals surface area contributed by atoms with E-state index in [1.54, 1.807) is 0 Å². The Kier molecular flexibility index (Phi) is 5.24. The third kappa shape index (κ3) is 4.29. The maximum atomic E-state index is 12.6. The minimum Gasteiger partial charge on any atom is -0.295 e. The highest BCUT2D eigenvalue weighted by Crippen LogP contribution is 2.22. The summed E-state index contributed by atoms with van der Waals surface area (Å²) in [6.07, 6.45) is 6.12. The zero-order valence-electron chi connectivity index (χ0n) is 13.9. The number of hydrogen-bond acceptors (Lipinski definition) is 2. The lowest BCUT2D eigenvalue weighted by Crippen LogP contribution is -2.25. The van der Waals surface area contributed by atoms with E-state index < -0.39 is 0 Å². The summed E-state index contributed by atoms with van der Waals surface area (Å²) in [5, 5.41) is 0. The van der Waals surface area contributed by atoms with Crippen molar-refractivity contribution in [3.63, 3.8) is 0 Å². The summed E-state index contributed by atoms with van der Waals surface area (Å²) in [5.74, 6) is 0.218. The molecule has 0 saturated heterocycles. The van der Waals surface area contributed by atoms with Gasteiger partial charge in [0.05, 0.1) is 6.54 Å². The second kappa shape index (κ2) is 7.56. The summed E-state index contributed by atoms with van der Waals surface area (Å²) in [4.78, 5) is 14.7. The quantitative estimate of drug-likeness (QED) is 0.607. The first kappa shape index (κ1) is 15.9. The van der Waals surface area contributed by atoms with Crippen LogP contribution in [0.3, 0.4) is 0 Å². The van der Waals surface area contributed by atoms with Crippen LogP contribution in [0, 0.1) is 0 Å². The number of aryl methyl sites for hydroxylation is 2. The van der Waals surface area contributed by atoms with Crippen molar-refractivity contribution in [1.29, 1.82) is 0 Å². The summed E-state index contributed by atoms with van der Waals surface area (Å²) >= 11 is 0. The number of hydrogen-bond donors (Lipinski definition) is 0. The molecule has 0 amide bonds. The molecule has 0 bridgehead atoms. The van der Waals surface area contributed by atoms with E-state index in [-0.39, 0.29) is 5.78 Å². The molecule has 0 N–H and O–H groups in total. The van der Waals surface area contributed by atoms with Gasteiger partial charge in [-0.15, -0.1) is 0 Å². The average molecular weight is 307 g/mol. The SMILES string of the molecule is CN(CC(=O)c1ccc2c(c1)CCCCC2)Cc1ccccc1. The fourth-order valence-electron chi connectivity index (χ4n) is 3.37. The summed E-state index contributed by atoms with van der Waals surface area (Å²) < 4.78 is 0. The van der Waals surface area contributed by atoms with Crippen molar-refractivity contribution >= 4 is 5.78 Å². The van der Waals surface area contributed by atoms with E-state index in [0.29, 0.717) is 6.54 Å². The molecule has 0 saturated carbocycles. The fraction of sp³-hybridized carbons (Fsp3) is 0.381. The zero-order chi connectivity index (χ0) is 16.1. The summed E-state index contributed by atoms with van der Waals surface area (Å²) in [5.41, 5.74) is 4.94. The molecule has 0 fully saturated rings. The van der Waals surface area contributed by atoms with Gasteiger partial charge < -0.3 is 0 Å². The van der Waals surface area contributed by atoms with Crippen LogP contribution in [0.5, 0.6) is 0 Å². The minimum atomic E-state index is 0.218. The molecule has 23 heavy (non-hydrogen) atoms. The van der Waals surface area contributed by atoms with Crippen molar-refractivity contribution in [3.8, 4) is 0 Å². The number of carbonyl (C=O) groups is 1. The number of rotatable bonds is 5. The maximum absolute atomic E-state index is 12.6. The number of carbonyl (C=O) groups excluding carboxylic acids is 1. The van der Waals surface area contributed by atoms with Gasteiger partial charge in [-0.25, -0.2) is 0 Å². The van der Waals surface area contributed by atoms with Crippen LogP contribution in [-0.2, 0) is 19.4 Å². The van der Waals surface area contributed by atoms with Gasteiger partial charge in [-0.2, -0.15) is 0 Å². The van der Waals surface area contributed by atoms with E-state index in [9.17, 15) is 4.79 Å². The highest BCUT2D eigenvalue weighted by molar-refractivity contribution is 5.97. The molecule has 0 aliphatic heterocycles. The van der Waals surface area contributed by atoms with Gasteiger partial charge in [-0.05, 0) is 55.5 Å². The highest BCUT2D eigenvalue weighted by Gasteiger charge is 2.13. The Morgan fingerprint density at radius 2 is 1.70 bits per heavy atom. The van der Waals surface area contributed by atoms with Gasteiger partial charge in [0.2, 0.25) is 0 Å². The van der Waals surface area contributed by atoms with Gasteiger partial charge in [-0.3, -0.25) is 9.69 Å². The molecule has 2 heteroatoms. The Labute approximate surface area is 139 Å². The predicted octanol–water partition coefficient (Wildman–Crippen LogP) is 4.27. The van der Waals surface area contributed by atoms with Crippen molar-refractivity contribution in [2.45, 2.75) is 38.6 Å². The van der Waals surface area contributed by atoms with Gasteiger partial charge >= 0.3 is 0 Å². The van der Waals surface area contributed by atoms with E-state index in [1.165, 1.54) is 36.0 Å². The largest absolute Gasteiger partial charge is 0.295 e. The molecule has 2 aromatic rings. The van der Waals surface area contributed by atoms with Crippen LogP contribution < -0.4 is 0 Å². The predicted molar refractivity (Wildman–Crippen MR) is 94.8 cm³/mol. The monoisotopic (exact) mass is 307 g/mol. The molecule has 0 unspecified atom stereocenters. The fourth-order valence-corrected chi connectivity index (χ4v) is 3.37. The zero-order valence-corrected chi connectivity index (χ0v) is 13.9. The Hall–Kier alpha value is -1.93. The van der Waals surface area contributed by atoms with E-state index in [1.807, 2.05) is 31.3 Å². The normalized spacial score (nSPS) is 14.3. The number of fused-ring (bicyclic) bond motifs is 1. The smallest absolute Gasteiger partial charge is 0.176 e. The lowest BCUT2D eigenvalue weighted by molar-refractivity contribution is 0.0943. The van der Waals surface area contributed by atoms with Crippen LogP contribution in [0.25, 0.3) is 0 Å². The first-order valence-electron chi connectivity index (χ1n) is 8.60. The van der Waals surface area contributed by atoms with Crippen LogP contribution in [0.1, 0.15) is 46.3 Å². The lowest BCUT2D eigenvalue weighted by atomic mass is 9.98. The van der Waals surface area contributed by atoms with E-state index in [4.69, 9.17) is 0 Å². The third-order valence-corrected chi connectivity index (χ3v) is 4.63. The average Bonchev–Trinajstić information content (AvgIpc) is 2.80. The third-order valence-electron chi connectivity index (χ3n) is 4.63. The molecule has 0 spiro atoms. The van der Waals surface area contributed by atoms with Crippen LogP contribution in [-0.4, -0.2) is 24.3 Å². The van der Waals surface area contributed by atoms with Crippen molar-refractivity contribution in [3.05, 3.63) is 70.8 Å². The molecule has 0 radical (unpaired) electrons. The van der Waals surface area contributed by atoms with E-state index in [2.05, 4.69) is 29.2 Å². The maximum Gasteiger partial charge on any atom is 0.176 e. The second-order valence-electron chi connectivity index (χ2n) is 6.63. The van der Waals surface area contributed by atoms with E-state index in [0.717, 1.165) is 24.9 Å². The molecule has 1 aliphatic carbocycles. The molecular weight excluding hydrogens is 282 g/mol. The molecule has 120 valence electrons. The Bertz CT molecular complexity index is 663. The summed E-state index contributed by atoms with van der Waals surface area (Å²) in [6.45, 7) is 1.27. The first-order valence-corrected chi connectivity index (χ1v) is 8.60. The van der Waals surface area contributed by atoms with Crippen LogP contribution in [0.2, 0.25) is 0 Å². The van der Waals surface area contributed by atoms with E-state index >= 15 is 0 Å². The van der Waals surface area contributed by atoms with Crippen LogP contribution in [0.15, 0.2) is 48.5 Å². The number of Topliss-reactive ketones (excluding diaryl/α,β-unsaturated/α-hetero) is 1. The molecule has 0 heterocycles. The van der Waals surface area contributed by atoms with Gasteiger partial charge in [0.25, 0.3) is 0 Å². The van der Waals surface area contributed by atoms with Crippen molar-refractivity contribution < 1.29 is 4.79 Å². The highest BCUT2D eigenvalue weighted by atomic mass is 16.1. The summed E-state index contributed by atoms with van der Waals surface area (Å²) in [6, 6.07) is 16.6. The summed E-state index contributed by atoms with van der Waals surface area (Å²) in [7, 11) is 2.01. The Balaban J connectivity index is 1.65. The van der Waals surface area contributed by atoms with Gasteiger partial charge in [0, 0.05) is 12.1 Å². The Morgan fingerprint density at radius 3 is 2.48 bits per heavy atom. The van der Waals surface area contributed by atoms with Crippen molar-refractivity contribution in [2.75, 3.05) is 13.6 Å². The second-order valence-corrected chi connectivity index (χ2v) is 6.63. The minimum absolute atomic E-state index is 0.218. The number of nitrogens with zero attached hydrogens (tertiary/aromatic N) is 1.